The zero-order valence-corrected chi connectivity index (χ0v) is 17.0. The highest BCUT2D eigenvalue weighted by atomic mass is 16.6. The van der Waals surface area contributed by atoms with Gasteiger partial charge >= 0.3 is 0 Å². The Morgan fingerprint density at radius 2 is 1.88 bits per heavy atom. The molecule has 0 spiro atoms. The molecule has 1 aliphatic rings. The lowest BCUT2D eigenvalue weighted by atomic mass is 10.1. The SMILES string of the molecule is O=C(Nc1ccc(-c2nc3ncccc3o2)cc1)c1ccc(N2CCCC2)c([N+](=O)[O-])c1. The fourth-order valence-corrected chi connectivity index (χ4v) is 3.83. The molecule has 0 bridgehead atoms. The van der Waals surface area contributed by atoms with E-state index in [9.17, 15) is 14.9 Å². The molecule has 1 N–H and O–H groups in total. The van der Waals surface area contributed by atoms with Crippen molar-refractivity contribution in [1.82, 2.24) is 9.97 Å². The number of nitrogens with zero attached hydrogens (tertiary/aromatic N) is 4. The van der Waals surface area contributed by atoms with Crippen molar-refractivity contribution >= 4 is 34.2 Å². The van der Waals surface area contributed by atoms with Gasteiger partial charge in [-0.2, -0.15) is 4.98 Å². The van der Waals surface area contributed by atoms with Crippen LogP contribution in [0.2, 0.25) is 0 Å². The van der Waals surface area contributed by atoms with Gasteiger partial charge in [0.05, 0.1) is 4.92 Å². The average molecular weight is 429 g/mol. The fourth-order valence-electron chi connectivity index (χ4n) is 3.83. The first-order chi connectivity index (χ1) is 15.6. The van der Waals surface area contributed by atoms with Crippen LogP contribution in [0.1, 0.15) is 23.2 Å². The van der Waals surface area contributed by atoms with Crippen molar-refractivity contribution < 1.29 is 14.1 Å². The minimum atomic E-state index is -0.436. The summed E-state index contributed by atoms with van der Waals surface area (Å²) in [5, 5.41) is 14.4. The predicted octanol–water partition coefficient (Wildman–Crippen LogP) is 4.65. The Morgan fingerprint density at radius 1 is 1.09 bits per heavy atom. The monoisotopic (exact) mass is 429 g/mol. The predicted molar refractivity (Wildman–Crippen MR) is 120 cm³/mol. The summed E-state index contributed by atoms with van der Waals surface area (Å²) in [6.45, 7) is 1.57. The van der Waals surface area contributed by atoms with Gasteiger partial charge in [0.1, 0.15) is 5.69 Å². The second-order valence-corrected chi connectivity index (χ2v) is 7.53. The number of aromatic nitrogens is 2. The maximum Gasteiger partial charge on any atom is 0.293 e. The van der Waals surface area contributed by atoms with Crippen LogP contribution in [-0.4, -0.2) is 33.9 Å². The Labute approximate surface area is 182 Å². The first-order valence-corrected chi connectivity index (χ1v) is 10.3. The zero-order chi connectivity index (χ0) is 22.1. The van der Waals surface area contributed by atoms with Gasteiger partial charge in [0.2, 0.25) is 5.89 Å². The molecule has 0 saturated carbocycles. The highest BCUT2D eigenvalue weighted by Gasteiger charge is 2.24. The highest BCUT2D eigenvalue weighted by molar-refractivity contribution is 6.05. The molecular formula is C23H19N5O4. The van der Waals surface area contributed by atoms with E-state index in [0.717, 1.165) is 31.5 Å². The van der Waals surface area contributed by atoms with E-state index in [1.807, 2.05) is 4.90 Å². The fraction of sp³-hybridized carbons (Fsp3) is 0.174. The van der Waals surface area contributed by atoms with Crippen LogP contribution in [0.3, 0.4) is 0 Å². The summed E-state index contributed by atoms with van der Waals surface area (Å²) in [5.74, 6) is 0.0181. The van der Waals surface area contributed by atoms with Crippen LogP contribution in [-0.2, 0) is 0 Å². The summed E-state index contributed by atoms with van der Waals surface area (Å²) in [5.41, 5.74) is 3.15. The van der Waals surface area contributed by atoms with E-state index in [4.69, 9.17) is 4.42 Å². The number of fused-ring (bicyclic) bond motifs is 1. The third-order valence-electron chi connectivity index (χ3n) is 5.44. The Hall–Kier alpha value is -4.27. The van der Waals surface area contributed by atoms with Crippen LogP contribution in [0.25, 0.3) is 22.7 Å². The van der Waals surface area contributed by atoms with Gasteiger partial charge in [0.25, 0.3) is 11.6 Å². The van der Waals surface area contributed by atoms with Crippen LogP contribution in [0.4, 0.5) is 17.1 Å². The third kappa shape index (κ3) is 3.76. The number of hydrogen-bond acceptors (Lipinski definition) is 7. The number of pyridine rings is 1. The van der Waals surface area contributed by atoms with Gasteiger partial charge < -0.3 is 14.6 Å². The summed E-state index contributed by atoms with van der Waals surface area (Å²) in [6.07, 6.45) is 3.67. The summed E-state index contributed by atoms with van der Waals surface area (Å²) in [7, 11) is 0. The Bertz CT molecular complexity index is 1280. The van der Waals surface area contributed by atoms with Gasteiger partial charge in [0.15, 0.2) is 11.2 Å². The molecule has 1 aliphatic heterocycles. The number of carbonyl (C=O) groups is 1. The van der Waals surface area contributed by atoms with Crippen LogP contribution in [0, 0.1) is 10.1 Å². The second kappa shape index (κ2) is 8.10. The van der Waals surface area contributed by atoms with E-state index in [1.54, 1.807) is 54.7 Å². The molecule has 1 amide bonds. The topological polar surface area (TPSA) is 114 Å². The van der Waals surface area contributed by atoms with Crippen molar-refractivity contribution in [1.29, 1.82) is 0 Å². The minimum Gasteiger partial charge on any atom is -0.434 e. The van der Waals surface area contributed by atoms with Gasteiger partial charge in [0, 0.05) is 42.2 Å². The number of hydrogen-bond donors (Lipinski definition) is 1. The van der Waals surface area contributed by atoms with Crippen molar-refractivity contribution in [3.63, 3.8) is 0 Å². The van der Waals surface area contributed by atoms with Gasteiger partial charge in [-0.3, -0.25) is 14.9 Å². The molecule has 3 heterocycles. The molecule has 9 heteroatoms. The number of nitro benzene ring substituents is 1. The van der Waals surface area contributed by atoms with E-state index < -0.39 is 10.8 Å². The molecule has 0 unspecified atom stereocenters. The number of anilines is 2. The lowest BCUT2D eigenvalue weighted by Gasteiger charge is -2.17. The number of nitro groups is 1. The molecular weight excluding hydrogens is 410 g/mol. The summed E-state index contributed by atoms with van der Waals surface area (Å²) < 4.78 is 5.70. The Kier molecular flexibility index (Phi) is 4.98. The number of carbonyl (C=O) groups excluding carboxylic acids is 1. The van der Waals surface area contributed by atoms with E-state index in [-0.39, 0.29) is 11.3 Å². The highest BCUT2D eigenvalue weighted by Crippen LogP contribution is 2.32. The molecule has 1 fully saturated rings. The van der Waals surface area contributed by atoms with Gasteiger partial charge in [-0.15, -0.1) is 0 Å². The van der Waals surface area contributed by atoms with Crippen molar-refractivity contribution in [2.75, 3.05) is 23.3 Å². The first-order valence-electron chi connectivity index (χ1n) is 10.3. The first kappa shape index (κ1) is 19.7. The molecule has 0 atom stereocenters. The smallest absolute Gasteiger partial charge is 0.293 e. The zero-order valence-electron chi connectivity index (χ0n) is 17.0. The normalized spacial score (nSPS) is 13.4. The van der Waals surface area contributed by atoms with Crippen molar-refractivity contribution in [2.24, 2.45) is 0 Å². The van der Waals surface area contributed by atoms with Crippen molar-refractivity contribution in [3.05, 3.63) is 76.5 Å². The van der Waals surface area contributed by atoms with E-state index in [1.165, 1.54) is 6.07 Å². The van der Waals surface area contributed by atoms with Crippen molar-refractivity contribution in [2.45, 2.75) is 12.8 Å². The van der Waals surface area contributed by atoms with E-state index >= 15 is 0 Å². The van der Waals surface area contributed by atoms with Gasteiger partial charge in [-0.05, 0) is 61.4 Å². The second-order valence-electron chi connectivity index (χ2n) is 7.53. The number of rotatable bonds is 5. The molecule has 9 nitrogen and oxygen atoms in total. The molecule has 0 aliphatic carbocycles. The van der Waals surface area contributed by atoms with Crippen LogP contribution >= 0.6 is 0 Å². The lowest BCUT2D eigenvalue weighted by Crippen LogP contribution is -2.19. The van der Waals surface area contributed by atoms with Crippen LogP contribution < -0.4 is 10.2 Å². The largest absolute Gasteiger partial charge is 0.434 e. The van der Waals surface area contributed by atoms with Crippen LogP contribution in [0.15, 0.2) is 65.2 Å². The molecule has 0 radical (unpaired) electrons. The minimum absolute atomic E-state index is 0.0560. The quantitative estimate of drug-likeness (QED) is 0.363. The number of amides is 1. The number of nitrogens with one attached hydrogen (secondary N) is 1. The summed E-state index contributed by atoms with van der Waals surface area (Å²) in [4.78, 5) is 34.3. The maximum atomic E-state index is 12.7. The standard InChI is InChI=1S/C23H19N5O4/c29-22(16-7-10-18(19(14-16)28(30)31)27-12-1-2-13-27)25-17-8-5-15(6-9-17)23-26-21-20(32-23)4-3-11-24-21/h3-11,14H,1-2,12-13H2,(H,25,29). The third-order valence-corrected chi connectivity index (χ3v) is 5.44. The Balaban J connectivity index is 1.34. The summed E-state index contributed by atoms with van der Waals surface area (Å²) >= 11 is 0. The van der Waals surface area contributed by atoms with E-state index in [0.29, 0.717) is 28.5 Å². The molecule has 2 aromatic carbocycles. The van der Waals surface area contributed by atoms with Gasteiger partial charge in [-0.25, -0.2) is 4.98 Å². The van der Waals surface area contributed by atoms with E-state index in [2.05, 4.69) is 15.3 Å². The van der Waals surface area contributed by atoms with Crippen molar-refractivity contribution in [3.8, 4) is 11.5 Å². The molecule has 160 valence electrons. The summed E-state index contributed by atoms with van der Waals surface area (Å²) in [6, 6.07) is 15.2. The molecule has 1 saturated heterocycles. The Morgan fingerprint density at radius 3 is 2.59 bits per heavy atom. The maximum absolute atomic E-state index is 12.7. The lowest BCUT2D eigenvalue weighted by molar-refractivity contribution is -0.384. The van der Waals surface area contributed by atoms with Crippen LogP contribution in [0.5, 0.6) is 0 Å². The molecule has 32 heavy (non-hydrogen) atoms. The number of oxazole rings is 1. The molecule has 2 aromatic heterocycles. The average Bonchev–Trinajstić information content (AvgIpc) is 3.49. The number of benzene rings is 2. The molecule has 5 rings (SSSR count). The van der Waals surface area contributed by atoms with Gasteiger partial charge in [-0.1, -0.05) is 0 Å². The molecule has 4 aromatic rings.